The zero-order valence-corrected chi connectivity index (χ0v) is 8.86. The van der Waals surface area contributed by atoms with Crippen molar-refractivity contribution in [1.29, 1.82) is 0 Å². The average molecular weight is 201 g/mol. The van der Waals surface area contributed by atoms with Crippen molar-refractivity contribution in [2.45, 2.75) is 13.3 Å². The number of benzene rings is 1. The second-order valence-corrected chi connectivity index (χ2v) is 4.00. The first-order valence-electron chi connectivity index (χ1n) is 5.25. The van der Waals surface area contributed by atoms with Crippen LogP contribution < -0.4 is 5.32 Å². The molecule has 0 aliphatic carbocycles. The molecule has 1 amide bonds. The third-order valence-corrected chi connectivity index (χ3v) is 2.82. The highest BCUT2D eigenvalue weighted by molar-refractivity contribution is 5.79. The van der Waals surface area contributed by atoms with E-state index in [2.05, 4.69) is 30.4 Å². The first-order chi connectivity index (χ1) is 7.25. The van der Waals surface area contributed by atoms with E-state index in [-0.39, 0.29) is 5.91 Å². The molecule has 1 atom stereocenters. The van der Waals surface area contributed by atoms with Gasteiger partial charge in [-0.2, -0.15) is 0 Å². The van der Waals surface area contributed by atoms with Crippen molar-refractivity contribution in [3.63, 3.8) is 0 Å². The van der Waals surface area contributed by atoms with E-state index in [0.29, 0.717) is 12.3 Å². The lowest BCUT2D eigenvalue weighted by Gasteiger charge is -2.07. The van der Waals surface area contributed by atoms with Gasteiger partial charge >= 0.3 is 0 Å². The minimum Gasteiger partial charge on any atom is -0.355 e. The zero-order chi connectivity index (χ0) is 10.7. The Morgan fingerprint density at radius 1 is 1.40 bits per heavy atom. The van der Waals surface area contributed by atoms with Gasteiger partial charge in [0.15, 0.2) is 0 Å². The summed E-state index contributed by atoms with van der Waals surface area (Å²) >= 11 is 0. The normalized spacial score (nSPS) is 21.5. The first-order valence-corrected chi connectivity index (χ1v) is 5.25. The molecule has 1 aromatic carbocycles. The average Bonchev–Trinajstić information content (AvgIpc) is 2.66. The summed E-state index contributed by atoms with van der Waals surface area (Å²) in [6.07, 6.45) is 2.79. The number of carbonyl (C=O) groups excluding carboxylic acids is 1. The summed E-state index contributed by atoms with van der Waals surface area (Å²) < 4.78 is 0. The van der Waals surface area contributed by atoms with Gasteiger partial charge in [-0.05, 0) is 12.5 Å². The van der Waals surface area contributed by atoms with Gasteiger partial charge in [-0.3, -0.25) is 4.79 Å². The van der Waals surface area contributed by atoms with Gasteiger partial charge in [0.1, 0.15) is 0 Å². The molecule has 0 radical (unpaired) electrons. The van der Waals surface area contributed by atoms with E-state index in [9.17, 15) is 4.79 Å². The highest BCUT2D eigenvalue weighted by Gasteiger charge is 2.22. The number of amides is 1. The van der Waals surface area contributed by atoms with Crippen LogP contribution in [0, 0.1) is 5.92 Å². The Labute approximate surface area is 90.0 Å². The molecule has 1 fully saturated rings. The molecule has 1 aromatic rings. The molecule has 2 heteroatoms. The Kier molecular flexibility index (Phi) is 2.86. The summed E-state index contributed by atoms with van der Waals surface area (Å²) in [4.78, 5) is 11.1. The quantitative estimate of drug-likeness (QED) is 0.781. The predicted molar refractivity (Wildman–Crippen MR) is 61.2 cm³/mol. The number of hydrogen-bond acceptors (Lipinski definition) is 1. The van der Waals surface area contributed by atoms with Crippen molar-refractivity contribution in [3.8, 4) is 0 Å². The molecule has 1 heterocycles. The van der Waals surface area contributed by atoms with Gasteiger partial charge in [0, 0.05) is 18.9 Å². The standard InChI is InChI=1S/C13H15NO/c1-10(12-8-13(15)14-9-12)7-11-5-3-2-4-6-11/h2-7,12H,8-9H2,1H3,(H,14,15)/b10-7-. The molecule has 2 rings (SSSR count). The Balaban J connectivity index is 2.11. The van der Waals surface area contributed by atoms with E-state index < -0.39 is 0 Å². The van der Waals surface area contributed by atoms with Crippen LogP contribution in [0.25, 0.3) is 6.08 Å². The largest absolute Gasteiger partial charge is 0.355 e. The zero-order valence-electron chi connectivity index (χ0n) is 8.86. The van der Waals surface area contributed by atoms with E-state index in [1.807, 2.05) is 18.2 Å². The molecule has 0 bridgehead atoms. The predicted octanol–water partition coefficient (Wildman–Crippen LogP) is 2.23. The summed E-state index contributed by atoms with van der Waals surface area (Å²) in [7, 11) is 0. The molecule has 1 aliphatic heterocycles. The SMILES string of the molecule is C/C(=C/c1ccccc1)C1CNC(=O)C1. The van der Waals surface area contributed by atoms with Gasteiger partial charge in [-0.15, -0.1) is 0 Å². The number of rotatable bonds is 2. The summed E-state index contributed by atoms with van der Waals surface area (Å²) in [6, 6.07) is 10.2. The maximum Gasteiger partial charge on any atom is 0.220 e. The fourth-order valence-corrected chi connectivity index (χ4v) is 1.86. The maximum atomic E-state index is 11.1. The Hall–Kier alpha value is -1.57. The van der Waals surface area contributed by atoms with Gasteiger partial charge in [0.05, 0.1) is 0 Å². The van der Waals surface area contributed by atoms with Crippen LogP contribution in [0.5, 0.6) is 0 Å². The van der Waals surface area contributed by atoms with Crippen LogP contribution in [0.1, 0.15) is 18.9 Å². The van der Waals surface area contributed by atoms with Crippen LogP contribution in [-0.2, 0) is 4.79 Å². The molecule has 1 saturated heterocycles. The van der Waals surface area contributed by atoms with Crippen LogP contribution in [0.2, 0.25) is 0 Å². The Morgan fingerprint density at radius 2 is 2.13 bits per heavy atom. The van der Waals surface area contributed by atoms with E-state index in [1.54, 1.807) is 0 Å². The van der Waals surface area contributed by atoms with Gasteiger partial charge in [0.25, 0.3) is 0 Å². The van der Waals surface area contributed by atoms with Crippen LogP contribution in [-0.4, -0.2) is 12.5 Å². The van der Waals surface area contributed by atoms with Gasteiger partial charge < -0.3 is 5.32 Å². The van der Waals surface area contributed by atoms with E-state index in [1.165, 1.54) is 11.1 Å². The van der Waals surface area contributed by atoms with Crippen molar-refractivity contribution in [2.24, 2.45) is 5.92 Å². The third kappa shape index (κ3) is 2.46. The lowest BCUT2D eigenvalue weighted by Crippen LogP contribution is -2.14. The fraction of sp³-hybridized carbons (Fsp3) is 0.308. The Morgan fingerprint density at radius 3 is 2.73 bits per heavy atom. The van der Waals surface area contributed by atoms with E-state index >= 15 is 0 Å². The van der Waals surface area contributed by atoms with Crippen LogP contribution in [0.15, 0.2) is 35.9 Å². The van der Waals surface area contributed by atoms with E-state index in [4.69, 9.17) is 0 Å². The maximum absolute atomic E-state index is 11.1. The molecular formula is C13H15NO. The van der Waals surface area contributed by atoms with Crippen molar-refractivity contribution in [3.05, 3.63) is 41.5 Å². The molecule has 78 valence electrons. The van der Waals surface area contributed by atoms with Crippen molar-refractivity contribution >= 4 is 12.0 Å². The molecular weight excluding hydrogens is 186 g/mol. The second kappa shape index (κ2) is 4.30. The molecule has 0 aromatic heterocycles. The summed E-state index contributed by atoms with van der Waals surface area (Å²) in [5.74, 6) is 0.540. The lowest BCUT2D eigenvalue weighted by molar-refractivity contribution is -0.119. The number of hydrogen-bond donors (Lipinski definition) is 1. The molecule has 1 unspecified atom stereocenters. The lowest BCUT2D eigenvalue weighted by atomic mass is 9.97. The second-order valence-electron chi connectivity index (χ2n) is 4.00. The number of carbonyl (C=O) groups is 1. The third-order valence-electron chi connectivity index (χ3n) is 2.82. The minimum atomic E-state index is 0.167. The highest BCUT2D eigenvalue weighted by atomic mass is 16.1. The van der Waals surface area contributed by atoms with Gasteiger partial charge in [-0.1, -0.05) is 42.0 Å². The van der Waals surface area contributed by atoms with Gasteiger partial charge in [0.2, 0.25) is 5.91 Å². The smallest absolute Gasteiger partial charge is 0.220 e. The number of nitrogens with one attached hydrogen (secondary N) is 1. The van der Waals surface area contributed by atoms with Crippen molar-refractivity contribution < 1.29 is 4.79 Å². The highest BCUT2D eigenvalue weighted by Crippen LogP contribution is 2.20. The fourth-order valence-electron chi connectivity index (χ4n) is 1.86. The molecule has 0 spiro atoms. The molecule has 1 aliphatic rings. The van der Waals surface area contributed by atoms with Crippen LogP contribution in [0.4, 0.5) is 0 Å². The topological polar surface area (TPSA) is 29.1 Å². The Bertz CT molecular complexity index is 381. The van der Waals surface area contributed by atoms with Crippen molar-refractivity contribution in [2.75, 3.05) is 6.54 Å². The first kappa shape index (κ1) is 9.97. The molecule has 0 saturated carbocycles. The van der Waals surface area contributed by atoms with Gasteiger partial charge in [-0.25, -0.2) is 0 Å². The van der Waals surface area contributed by atoms with Crippen LogP contribution in [0.3, 0.4) is 0 Å². The summed E-state index contributed by atoms with van der Waals surface area (Å²) in [6.45, 7) is 2.88. The summed E-state index contributed by atoms with van der Waals surface area (Å²) in [5.41, 5.74) is 2.48. The molecule has 2 nitrogen and oxygen atoms in total. The van der Waals surface area contributed by atoms with Crippen molar-refractivity contribution in [1.82, 2.24) is 5.32 Å². The molecule has 15 heavy (non-hydrogen) atoms. The monoisotopic (exact) mass is 201 g/mol. The van der Waals surface area contributed by atoms with E-state index in [0.717, 1.165) is 6.54 Å². The molecule has 1 N–H and O–H groups in total. The summed E-state index contributed by atoms with van der Waals surface area (Å²) in [5, 5.41) is 2.86. The minimum absolute atomic E-state index is 0.167. The van der Waals surface area contributed by atoms with Crippen LogP contribution >= 0.6 is 0 Å².